The minimum atomic E-state index is -5.13. The van der Waals surface area contributed by atoms with Gasteiger partial charge in [0, 0.05) is 0 Å². The average molecular weight is 306 g/mol. The fourth-order valence-corrected chi connectivity index (χ4v) is 0.733. The molecule has 80 valence electrons. The van der Waals surface area contributed by atoms with E-state index >= 15 is 0 Å². The molecule has 0 rings (SSSR count). The van der Waals surface area contributed by atoms with Crippen LogP contribution in [0.15, 0.2) is 0 Å². The molecule has 0 aromatic rings. The first-order valence-corrected chi connectivity index (χ1v) is 5.20. The predicted molar refractivity (Wildman–Crippen MR) is 47.6 cm³/mol. The Hall–Kier alpha value is 2.09. The summed E-state index contributed by atoms with van der Waals surface area (Å²) in [6, 6.07) is 0. The van der Waals surface area contributed by atoms with Crippen LogP contribution in [0.1, 0.15) is 5.71 Å². The third-order valence-electron chi connectivity index (χ3n) is 0.387. The Morgan fingerprint density at radius 1 is 0.929 bits per heavy atom. The summed E-state index contributed by atoms with van der Waals surface area (Å²) in [6.45, 7) is 0. The van der Waals surface area contributed by atoms with Crippen molar-refractivity contribution in [2.24, 2.45) is 0 Å². The minimum Gasteiger partial charge on any atom is -1.00 e. The van der Waals surface area contributed by atoms with E-state index in [2.05, 4.69) is 9.05 Å². The summed E-state index contributed by atoms with van der Waals surface area (Å²) in [7, 11) is -10.3. The fourth-order valence-electron chi connectivity index (χ4n) is 0.211. The van der Waals surface area contributed by atoms with Crippen molar-refractivity contribution in [2.45, 2.75) is 0 Å². The molecule has 13 heteroatoms. The van der Waals surface area contributed by atoms with Gasteiger partial charge in [0.1, 0.15) is 0 Å². The van der Waals surface area contributed by atoms with Gasteiger partial charge in [-0.3, -0.25) is 19.6 Å². The SMILES string of the molecule is O=C(OP(=O)(O)O)OP(=O)(O)O.[Ca+2].[Ca+2].[H-].[H-].[H-].[H-]. The largest absolute Gasteiger partial charge is 2.00 e. The van der Waals surface area contributed by atoms with E-state index < -0.39 is 21.8 Å². The van der Waals surface area contributed by atoms with E-state index in [-0.39, 0.29) is 81.2 Å². The molecule has 0 saturated heterocycles. The maximum absolute atomic E-state index is 10.0. The number of hydrogen-bond donors (Lipinski definition) is 4. The molecule has 0 aromatic carbocycles. The Morgan fingerprint density at radius 2 is 1.14 bits per heavy atom. The molecule has 14 heavy (non-hydrogen) atoms. The summed E-state index contributed by atoms with van der Waals surface area (Å²) in [5, 5.41) is 0. The monoisotopic (exact) mass is 306 g/mol. The van der Waals surface area contributed by atoms with Gasteiger partial charge in [-0.05, 0) is 0 Å². The van der Waals surface area contributed by atoms with Crippen LogP contribution >= 0.6 is 15.6 Å². The maximum atomic E-state index is 10.0. The molecule has 0 aromatic heterocycles. The second kappa shape index (κ2) is 8.22. The smallest absolute Gasteiger partial charge is 1.00 e. The molecular formula is CH8Ca2O9P2. The van der Waals surface area contributed by atoms with Crippen molar-refractivity contribution < 1.29 is 48.3 Å². The fraction of sp³-hybridized carbons (Fsp3) is 0. The summed E-state index contributed by atoms with van der Waals surface area (Å²) >= 11 is 0. The normalized spacial score (nSPS) is 10.6. The van der Waals surface area contributed by atoms with Crippen LogP contribution in [0, 0.1) is 0 Å². The molecule has 9 nitrogen and oxygen atoms in total. The molecule has 0 radical (unpaired) electrons. The maximum Gasteiger partial charge on any atom is 2.00 e. The van der Waals surface area contributed by atoms with Crippen LogP contribution in [0.25, 0.3) is 0 Å². The quantitative estimate of drug-likeness (QED) is 0.372. The molecular weight excluding hydrogens is 298 g/mol. The average Bonchev–Trinajstić information content (AvgIpc) is 1.49. The van der Waals surface area contributed by atoms with Crippen molar-refractivity contribution in [3.8, 4) is 0 Å². The third kappa shape index (κ3) is 16.5. The summed E-state index contributed by atoms with van der Waals surface area (Å²) < 4.78 is 25.9. The van der Waals surface area contributed by atoms with Crippen LogP contribution in [0.5, 0.6) is 0 Å². The van der Waals surface area contributed by atoms with Gasteiger partial charge >= 0.3 is 97.3 Å². The zero-order valence-electron chi connectivity index (χ0n) is 10.6. The van der Waals surface area contributed by atoms with E-state index in [1.165, 1.54) is 0 Å². The van der Waals surface area contributed by atoms with Crippen LogP contribution in [-0.4, -0.2) is 101 Å². The number of carbonyl (C=O) groups is 1. The topological polar surface area (TPSA) is 151 Å². The van der Waals surface area contributed by atoms with Gasteiger partial charge in [0.25, 0.3) is 0 Å². The van der Waals surface area contributed by atoms with E-state index in [1.54, 1.807) is 0 Å². The van der Waals surface area contributed by atoms with Crippen molar-refractivity contribution in [3.05, 3.63) is 0 Å². The van der Waals surface area contributed by atoms with Gasteiger partial charge in [0.05, 0.1) is 0 Å². The molecule has 0 aliphatic carbocycles. The summed E-state index contributed by atoms with van der Waals surface area (Å²) in [5.74, 6) is 0. The van der Waals surface area contributed by atoms with Crippen molar-refractivity contribution in [2.75, 3.05) is 0 Å². The van der Waals surface area contributed by atoms with Crippen LogP contribution < -0.4 is 0 Å². The van der Waals surface area contributed by atoms with Crippen LogP contribution in [-0.2, 0) is 18.2 Å². The molecule has 0 atom stereocenters. The van der Waals surface area contributed by atoms with E-state index in [0.717, 1.165) is 0 Å². The molecule has 0 unspecified atom stereocenters. The molecule has 0 aliphatic rings. The molecule has 0 amide bonds. The van der Waals surface area contributed by atoms with Gasteiger partial charge in [0.2, 0.25) is 0 Å². The molecule has 4 N–H and O–H groups in total. The number of hydrogen-bond acceptors (Lipinski definition) is 5. The van der Waals surface area contributed by atoms with Crippen molar-refractivity contribution in [1.82, 2.24) is 0 Å². The molecule has 0 heterocycles. The third-order valence-corrected chi connectivity index (χ3v) is 1.16. The first kappa shape index (κ1) is 21.4. The second-order valence-electron chi connectivity index (χ2n) is 1.41. The number of rotatable bonds is 2. The molecule has 0 aliphatic heterocycles. The first-order chi connectivity index (χ1) is 5.10. The van der Waals surface area contributed by atoms with Gasteiger partial charge in [-0.25, -0.2) is 13.9 Å². The number of carbonyl (C=O) groups excluding carboxylic acids is 1. The Morgan fingerprint density at radius 3 is 1.29 bits per heavy atom. The Bertz CT molecular complexity index is 250. The van der Waals surface area contributed by atoms with Gasteiger partial charge in [-0.1, -0.05) is 0 Å². The van der Waals surface area contributed by atoms with Gasteiger partial charge in [-0.15, -0.1) is 0 Å². The summed E-state index contributed by atoms with van der Waals surface area (Å²) in [5.41, 5.74) is 0. The zero-order valence-corrected chi connectivity index (χ0v) is 12.8. The number of phosphoric acid groups is 2. The van der Waals surface area contributed by atoms with Crippen molar-refractivity contribution >= 4 is 97.3 Å². The van der Waals surface area contributed by atoms with Gasteiger partial charge in [0.15, 0.2) is 0 Å². The number of phosphoric ester groups is 2. The van der Waals surface area contributed by atoms with Gasteiger partial charge < -0.3 is 14.8 Å². The van der Waals surface area contributed by atoms with E-state index in [9.17, 15) is 13.9 Å². The molecule has 0 bridgehead atoms. The van der Waals surface area contributed by atoms with Crippen LogP contribution in [0.2, 0.25) is 0 Å². The van der Waals surface area contributed by atoms with Gasteiger partial charge in [-0.2, -0.15) is 0 Å². The predicted octanol–water partition coefficient (Wildman–Crippen LogP) is -0.987. The molecule has 0 spiro atoms. The van der Waals surface area contributed by atoms with Crippen LogP contribution in [0.4, 0.5) is 4.79 Å². The Kier molecular flexibility index (Phi) is 12.6. The zero-order chi connectivity index (χ0) is 9.99. The Labute approximate surface area is 144 Å². The van der Waals surface area contributed by atoms with Crippen LogP contribution in [0.3, 0.4) is 0 Å². The van der Waals surface area contributed by atoms with E-state index in [1.807, 2.05) is 0 Å². The summed E-state index contributed by atoms with van der Waals surface area (Å²) in [6.07, 6.45) is -2.14. The van der Waals surface area contributed by atoms with Crippen molar-refractivity contribution in [3.63, 3.8) is 0 Å². The Balaban J connectivity index is -0.0000000403. The van der Waals surface area contributed by atoms with Crippen molar-refractivity contribution in [1.29, 1.82) is 0 Å². The second-order valence-corrected chi connectivity index (χ2v) is 3.74. The molecule has 0 fully saturated rings. The summed E-state index contributed by atoms with van der Waals surface area (Å²) in [4.78, 5) is 41.7. The molecule has 0 saturated carbocycles. The standard InChI is InChI=1S/CH4O9P2.2Ca.4H/c2-1(9-11(3,4)5)10-12(6,7)8;;;;;;/h(H2,3,4,5)(H2,6,7,8);;;;;;/q;2*+2;4*-1. The van der Waals surface area contributed by atoms with E-state index in [4.69, 9.17) is 19.6 Å². The first-order valence-electron chi connectivity index (χ1n) is 2.14. The minimum absolute atomic E-state index is 0. The van der Waals surface area contributed by atoms with E-state index in [0.29, 0.717) is 0 Å².